The molecule has 2 heterocycles. The van der Waals surface area contributed by atoms with E-state index >= 15 is 0 Å². The molecule has 0 saturated carbocycles. The summed E-state index contributed by atoms with van der Waals surface area (Å²) in [6.07, 6.45) is 1.85. The molecule has 16 heavy (non-hydrogen) atoms. The first-order valence-electron chi connectivity index (χ1n) is 5.10. The van der Waals surface area contributed by atoms with Crippen molar-refractivity contribution in [3.05, 3.63) is 17.0 Å². The van der Waals surface area contributed by atoms with Gasteiger partial charge in [-0.15, -0.1) is 22.9 Å². The number of thiazole rings is 1. The minimum atomic E-state index is -0.171. The fourth-order valence-corrected chi connectivity index (χ4v) is 2.37. The Hall–Kier alpha value is -0.940. The predicted octanol–water partition coefficient (Wildman–Crippen LogP) is 3.58. The largest absolute Gasteiger partial charge is 0.333 e. The zero-order valence-corrected chi connectivity index (χ0v) is 10.7. The third kappa shape index (κ3) is 2.25. The molecular weight excluding hydrogens is 246 g/mol. The lowest BCUT2D eigenvalue weighted by molar-refractivity contribution is 0.421. The van der Waals surface area contributed by atoms with Crippen molar-refractivity contribution in [2.75, 3.05) is 0 Å². The Kier molecular flexibility index (Phi) is 3.56. The highest BCUT2D eigenvalue weighted by molar-refractivity contribution is 7.13. The molecule has 0 aliphatic carbocycles. The molecule has 2 aromatic rings. The van der Waals surface area contributed by atoms with Gasteiger partial charge in [-0.1, -0.05) is 18.5 Å². The summed E-state index contributed by atoms with van der Waals surface area (Å²) >= 11 is 7.61. The van der Waals surface area contributed by atoms with Crippen LogP contribution in [0, 0.1) is 6.92 Å². The van der Waals surface area contributed by atoms with Gasteiger partial charge < -0.3 is 4.52 Å². The van der Waals surface area contributed by atoms with Crippen LogP contribution < -0.4 is 0 Å². The smallest absolute Gasteiger partial charge is 0.269 e. The second-order valence-electron chi connectivity index (χ2n) is 3.48. The average Bonchev–Trinajstić information content (AvgIpc) is 2.86. The van der Waals surface area contributed by atoms with Crippen molar-refractivity contribution in [2.24, 2.45) is 0 Å². The average molecular weight is 258 g/mol. The van der Waals surface area contributed by atoms with Gasteiger partial charge in [0.25, 0.3) is 5.89 Å². The lowest BCUT2D eigenvalue weighted by Crippen LogP contribution is -1.92. The van der Waals surface area contributed by atoms with Gasteiger partial charge in [0.1, 0.15) is 4.88 Å². The second kappa shape index (κ2) is 4.93. The van der Waals surface area contributed by atoms with Gasteiger partial charge in [0, 0.05) is 0 Å². The highest BCUT2D eigenvalue weighted by atomic mass is 35.5. The number of alkyl halides is 1. The summed E-state index contributed by atoms with van der Waals surface area (Å²) in [5.41, 5.74) is 2.67. The summed E-state index contributed by atoms with van der Waals surface area (Å²) in [7, 11) is 0. The summed E-state index contributed by atoms with van der Waals surface area (Å²) in [6.45, 7) is 3.99. The number of halogens is 1. The van der Waals surface area contributed by atoms with Crippen LogP contribution in [0.3, 0.4) is 0 Å². The molecule has 0 aromatic carbocycles. The lowest BCUT2D eigenvalue weighted by Gasteiger charge is -1.99. The van der Waals surface area contributed by atoms with E-state index in [1.54, 1.807) is 5.51 Å². The lowest BCUT2D eigenvalue weighted by atomic mass is 10.2. The van der Waals surface area contributed by atoms with E-state index in [4.69, 9.17) is 16.1 Å². The van der Waals surface area contributed by atoms with Crippen molar-refractivity contribution in [1.82, 2.24) is 15.1 Å². The van der Waals surface area contributed by atoms with Gasteiger partial charge in [0.15, 0.2) is 5.82 Å². The van der Waals surface area contributed by atoms with Crippen LogP contribution in [-0.4, -0.2) is 15.1 Å². The Morgan fingerprint density at radius 2 is 2.38 bits per heavy atom. The fourth-order valence-electron chi connectivity index (χ4n) is 1.34. The van der Waals surface area contributed by atoms with Gasteiger partial charge in [-0.05, 0) is 13.3 Å². The van der Waals surface area contributed by atoms with E-state index in [0.29, 0.717) is 11.7 Å². The van der Waals surface area contributed by atoms with E-state index < -0.39 is 0 Å². The van der Waals surface area contributed by atoms with Crippen LogP contribution in [0.2, 0.25) is 0 Å². The van der Waals surface area contributed by atoms with Crippen LogP contribution >= 0.6 is 22.9 Å². The molecule has 0 bridgehead atoms. The molecule has 0 N–H and O–H groups in total. The van der Waals surface area contributed by atoms with Crippen LogP contribution in [0.1, 0.15) is 36.7 Å². The Balaban J connectivity index is 2.23. The molecule has 86 valence electrons. The second-order valence-corrected chi connectivity index (χ2v) is 4.86. The molecule has 6 heteroatoms. The van der Waals surface area contributed by atoms with Gasteiger partial charge in [0.2, 0.25) is 0 Å². The first kappa shape index (κ1) is 11.5. The van der Waals surface area contributed by atoms with Crippen molar-refractivity contribution in [2.45, 2.75) is 32.1 Å². The summed E-state index contributed by atoms with van der Waals surface area (Å²) in [4.78, 5) is 9.35. The van der Waals surface area contributed by atoms with E-state index in [-0.39, 0.29) is 5.38 Å². The minimum absolute atomic E-state index is 0.171. The Morgan fingerprint density at radius 1 is 1.56 bits per heavy atom. The maximum atomic E-state index is 6.12. The monoisotopic (exact) mass is 257 g/mol. The van der Waals surface area contributed by atoms with Crippen LogP contribution in [0.4, 0.5) is 0 Å². The van der Waals surface area contributed by atoms with E-state index in [9.17, 15) is 0 Å². The standard InChI is InChI=1S/C10H12ClN3OS/c1-3-4-7(11)9-13-10(15-14-9)8-6(2)12-5-16-8/h5,7H,3-4H2,1-2H3. The zero-order chi connectivity index (χ0) is 11.5. The number of hydrogen-bond donors (Lipinski definition) is 0. The highest BCUT2D eigenvalue weighted by Crippen LogP contribution is 2.29. The Morgan fingerprint density at radius 3 is 3.00 bits per heavy atom. The molecule has 1 atom stereocenters. The van der Waals surface area contributed by atoms with Crippen LogP contribution in [0.5, 0.6) is 0 Å². The summed E-state index contributed by atoms with van der Waals surface area (Å²) in [5, 5.41) is 3.72. The van der Waals surface area contributed by atoms with Gasteiger partial charge in [-0.3, -0.25) is 0 Å². The van der Waals surface area contributed by atoms with E-state index in [1.165, 1.54) is 11.3 Å². The van der Waals surface area contributed by atoms with Crippen molar-refractivity contribution < 1.29 is 4.52 Å². The van der Waals surface area contributed by atoms with Gasteiger partial charge in [0.05, 0.1) is 16.6 Å². The van der Waals surface area contributed by atoms with Crippen molar-refractivity contribution in [3.8, 4) is 10.8 Å². The Labute approximate surface area is 103 Å². The molecule has 0 saturated heterocycles. The maximum absolute atomic E-state index is 6.12. The molecule has 1 unspecified atom stereocenters. The quantitative estimate of drug-likeness (QED) is 0.786. The molecule has 0 radical (unpaired) electrons. The van der Waals surface area contributed by atoms with E-state index in [2.05, 4.69) is 22.0 Å². The molecule has 0 fully saturated rings. The van der Waals surface area contributed by atoms with Gasteiger partial charge in [-0.25, -0.2) is 4.98 Å². The molecule has 0 amide bonds. The molecular formula is C10H12ClN3OS. The molecule has 0 spiro atoms. The fraction of sp³-hybridized carbons (Fsp3) is 0.500. The van der Waals surface area contributed by atoms with Crippen LogP contribution in [0.25, 0.3) is 10.8 Å². The number of aromatic nitrogens is 3. The third-order valence-electron chi connectivity index (χ3n) is 2.20. The summed E-state index contributed by atoms with van der Waals surface area (Å²) < 4.78 is 5.18. The van der Waals surface area contributed by atoms with Gasteiger partial charge in [-0.2, -0.15) is 4.98 Å². The maximum Gasteiger partial charge on any atom is 0.269 e. The summed E-state index contributed by atoms with van der Waals surface area (Å²) in [6, 6.07) is 0. The van der Waals surface area contributed by atoms with Crippen molar-refractivity contribution >= 4 is 22.9 Å². The summed E-state index contributed by atoms with van der Waals surface area (Å²) in [5.74, 6) is 1.07. The first-order chi connectivity index (χ1) is 7.72. The number of rotatable bonds is 4. The minimum Gasteiger partial charge on any atom is -0.333 e. The van der Waals surface area contributed by atoms with Crippen LogP contribution in [-0.2, 0) is 0 Å². The van der Waals surface area contributed by atoms with Gasteiger partial charge >= 0.3 is 0 Å². The molecule has 2 rings (SSSR count). The van der Waals surface area contributed by atoms with Crippen molar-refractivity contribution in [3.63, 3.8) is 0 Å². The SMILES string of the molecule is CCCC(Cl)c1noc(-c2scnc2C)n1. The normalized spacial score (nSPS) is 12.9. The number of aryl methyl sites for hydroxylation is 1. The topological polar surface area (TPSA) is 51.8 Å². The highest BCUT2D eigenvalue weighted by Gasteiger charge is 2.17. The molecule has 0 aliphatic rings. The third-order valence-corrected chi connectivity index (χ3v) is 3.53. The van der Waals surface area contributed by atoms with Crippen LogP contribution in [0.15, 0.2) is 10.0 Å². The Bertz CT molecular complexity index is 468. The van der Waals surface area contributed by atoms with E-state index in [1.807, 2.05) is 6.92 Å². The van der Waals surface area contributed by atoms with E-state index in [0.717, 1.165) is 23.4 Å². The molecule has 4 nitrogen and oxygen atoms in total. The van der Waals surface area contributed by atoms with Crippen molar-refractivity contribution in [1.29, 1.82) is 0 Å². The zero-order valence-electron chi connectivity index (χ0n) is 9.11. The first-order valence-corrected chi connectivity index (χ1v) is 6.42. The molecule has 0 aliphatic heterocycles. The predicted molar refractivity (Wildman–Crippen MR) is 63.6 cm³/mol. The number of hydrogen-bond acceptors (Lipinski definition) is 5. The molecule has 2 aromatic heterocycles. The number of nitrogens with zero attached hydrogens (tertiary/aromatic N) is 3.